The van der Waals surface area contributed by atoms with Gasteiger partial charge in [-0.25, -0.2) is 0 Å². The van der Waals surface area contributed by atoms with Crippen molar-refractivity contribution in [1.29, 1.82) is 0 Å². The third-order valence-corrected chi connectivity index (χ3v) is 5.66. The van der Waals surface area contributed by atoms with Crippen molar-refractivity contribution in [2.45, 2.75) is 25.0 Å². The molecule has 0 unspecified atom stereocenters. The van der Waals surface area contributed by atoms with Crippen molar-refractivity contribution in [1.82, 2.24) is 9.47 Å². The Morgan fingerprint density at radius 3 is 2.88 bits per heavy atom. The van der Waals surface area contributed by atoms with E-state index in [1.54, 1.807) is 0 Å². The lowest BCUT2D eigenvalue weighted by atomic mass is 10.00. The van der Waals surface area contributed by atoms with Crippen LogP contribution in [0.15, 0.2) is 18.3 Å². The SMILES string of the molecule is Cn1cccc1C(=O)N1C[C@H](OCC2CCOCC2)[C@H]2COC[C@H]21. The molecule has 0 aromatic carbocycles. The number of carbonyl (C=O) groups is 1. The second kappa shape index (κ2) is 6.86. The first-order valence-corrected chi connectivity index (χ1v) is 8.93. The number of likely N-dealkylation sites (tertiary alicyclic amines) is 1. The molecule has 1 aromatic heterocycles. The van der Waals surface area contributed by atoms with Crippen molar-refractivity contribution in [3.8, 4) is 0 Å². The molecule has 3 saturated heterocycles. The fourth-order valence-electron chi connectivity index (χ4n) is 4.11. The van der Waals surface area contributed by atoms with Crippen molar-refractivity contribution >= 4 is 5.91 Å². The minimum atomic E-state index is 0.0835. The Hall–Kier alpha value is -1.37. The molecule has 4 heterocycles. The van der Waals surface area contributed by atoms with Crippen LogP contribution in [0.4, 0.5) is 0 Å². The maximum absolute atomic E-state index is 12.9. The number of aromatic nitrogens is 1. The molecule has 6 nitrogen and oxygen atoms in total. The van der Waals surface area contributed by atoms with Gasteiger partial charge in [0.2, 0.25) is 0 Å². The van der Waals surface area contributed by atoms with Gasteiger partial charge in [0, 0.05) is 38.9 Å². The van der Waals surface area contributed by atoms with E-state index in [2.05, 4.69) is 0 Å². The predicted octanol–water partition coefficient (Wildman–Crippen LogP) is 1.31. The lowest BCUT2D eigenvalue weighted by Gasteiger charge is -2.25. The minimum Gasteiger partial charge on any atom is -0.381 e. The van der Waals surface area contributed by atoms with Crippen LogP contribution in [0, 0.1) is 11.8 Å². The number of aryl methyl sites for hydroxylation is 1. The van der Waals surface area contributed by atoms with E-state index in [1.807, 2.05) is 34.8 Å². The van der Waals surface area contributed by atoms with Gasteiger partial charge in [-0.3, -0.25) is 4.79 Å². The van der Waals surface area contributed by atoms with Crippen LogP contribution in [0.2, 0.25) is 0 Å². The summed E-state index contributed by atoms with van der Waals surface area (Å²) in [5.41, 5.74) is 0.728. The Morgan fingerprint density at radius 1 is 1.29 bits per heavy atom. The number of nitrogens with zero attached hydrogens (tertiary/aromatic N) is 2. The van der Waals surface area contributed by atoms with Crippen LogP contribution in [0.3, 0.4) is 0 Å². The Balaban J connectivity index is 1.41. The summed E-state index contributed by atoms with van der Waals surface area (Å²) in [6.45, 7) is 4.44. The number of fused-ring (bicyclic) bond motifs is 1. The minimum absolute atomic E-state index is 0.0835. The van der Waals surface area contributed by atoms with E-state index in [0.717, 1.165) is 38.4 Å². The van der Waals surface area contributed by atoms with Crippen LogP contribution < -0.4 is 0 Å². The van der Waals surface area contributed by atoms with Gasteiger partial charge in [0.25, 0.3) is 5.91 Å². The molecule has 1 aromatic rings. The van der Waals surface area contributed by atoms with Crippen molar-refractivity contribution in [3.63, 3.8) is 0 Å². The lowest BCUT2D eigenvalue weighted by molar-refractivity contribution is -0.0252. The smallest absolute Gasteiger partial charge is 0.270 e. The topological polar surface area (TPSA) is 52.9 Å². The van der Waals surface area contributed by atoms with E-state index in [-0.39, 0.29) is 18.1 Å². The highest BCUT2D eigenvalue weighted by Crippen LogP contribution is 2.33. The van der Waals surface area contributed by atoms with Gasteiger partial charge in [0.05, 0.1) is 32.0 Å². The number of amides is 1. The van der Waals surface area contributed by atoms with Crippen molar-refractivity contribution in [2.24, 2.45) is 18.9 Å². The van der Waals surface area contributed by atoms with Crippen LogP contribution >= 0.6 is 0 Å². The molecule has 0 bridgehead atoms. The molecule has 132 valence electrons. The number of ether oxygens (including phenoxy) is 3. The molecule has 3 aliphatic rings. The highest BCUT2D eigenvalue weighted by atomic mass is 16.5. The highest BCUT2D eigenvalue weighted by molar-refractivity contribution is 5.93. The maximum atomic E-state index is 12.9. The quantitative estimate of drug-likeness (QED) is 0.833. The van der Waals surface area contributed by atoms with Crippen molar-refractivity contribution < 1.29 is 19.0 Å². The van der Waals surface area contributed by atoms with Crippen LogP contribution in [0.25, 0.3) is 0 Å². The Morgan fingerprint density at radius 2 is 2.12 bits per heavy atom. The molecule has 1 amide bonds. The van der Waals surface area contributed by atoms with Gasteiger partial charge in [-0.1, -0.05) is 0 Å². The summed E-state index contributed by atoms with van der Waals surface area (Å²) in [6, 6.07) is 3.93. The molecule has 0 radical (unpaired) electrons. The van der Waals surface area contributed by atoms with Gasteiger partial charge >= 0.3 is 0 Å². The van der Waals surface area contributed by atoms with E-state index in [4.69, 9.17) is 14.2 Å². The zero-order valence-corrected chi connectivity index (χ0v) is 14.2. The van der Waals surface area contributed by atoms with E-state index < -0.39 is 0 Å². The van der Waals surface area contributed by atoms with Gasteiger partial charge in [0.1, 0.15) is 5.69 Å². The van der Waals surface area contributed by atoms with Gasteiger partial charge < -0.3 is 23.7 Å². The van der Waals surface area contributed by atoms with Crippen LogP contribution in [-0.2, 0) is 21.3 Å². The average molecular weight is 334 g/mol. The molecule has 0 saturated carbocycles. The molecular weight excluding hydrogens is 308 g/mol. The Labute approximate surface area is 142 Å². The zero-order chi connectivity index (χ0) is 16.5. The molecule has 3 aliphatic heterocycles. The standard InChI is InChI=1S/C18H26N2O4/c1-19-6-2-3-15(19)18(21)20-9-17(14-11-23-12-16(14)20)24-10-13-4-7-22-8-5-13/h2-3,6,13-14,16-17H,4-5,7-12H2,1H3/t14-,16+,17-/m0/s1. The summed E-state index contributed by atoms with van der Waals surface area (Å²) in [5.74, 6) is 0.964. The number of rotatable bonds is 4. The molecule has 6 heteroatoms. The van der Waals surface area contributed by atoms with Crippen LogP contribution in [-0.4, -0.2) is 67.1 Å². The van der Waals surface area contributed by atoms with Crippen molar-refractivity contribution in [2.75, 3.05) is 39.6 Å². The van der Waals surface area contributed by atoms with E-state index >= 15 is 0 Å². The molecule has 0 N–H and O–H groups in total. The number of carbonyl (C=O) groups excluding carboxylic acids is 1. The van der Waals surface area contributed by atoms with Gasteiger partial charge in [-0.15, -0.1) is 0 Å². The lowest BCUT2D eigenvalue weighted by Crippen LogP contribution is -2.39. The summed E-state index contributed by atoms with van der Waals surface area (Å²) in [4.78, 5) is 14.9. The second-order valence-electron chi connectivity index (χ2n) is 7.16. The largest absolute Gasteiger partial charge is 0.381 e. The normalized spacial score (nSPS) is 30.7. The van der Waals surface area contributed by atoms with Crippen molar-refractivity contribution in [3.05, 3.63) is 24.0 Å². The molecule has 0 aliphatic carbocycles. The van der Waals surface area contributed by atoms with Gasteiger partial charge in [0.15, 0.2) is 0 Å². The average Bonchev–Trinajstić information content (AvgIpc) is 3.30. The van der Waals surface area contributed by atoms with Crippen LogP contribution in [0.5, 0.6) is 0 Å². The molecule has 3 atom stereocenters. The molecule has 0 spiro atoms. The zero-order valence-electron chi connectivity index (χ0n) is 14.2. The molecule has 24 heavy (non-hydrogen) atoms. The monoisotopic (exact) mass is 334 g/mol. The first kappa shape index (κ1) is 16.1. The van der Waals surface area contributed by atoms with Gasteiger partial charge in [-0.2, -0.15) is 0 Å². The van der Waals surface area contributed by atoms with E-state index in [1.165, 1.54) is 0 Å². The number of hydrogen-bond acceptors (Lipinski definition) is 4. The Bertz CT molecular complexity index is 581. The molecular formula is C18H26N2O4. The summed E-state index contributed by atoms with van der Waals surface area (Å²) in [6.07, 6.45) is 4.14. The third kappa shape index (κ3) is 2.98. The molecule has 4 rings (SSSR count). The first-order valence-electron chi connectivity index (χ1n) is 8.93. The summed E-state index contributed by atoms with van der Waals surface area (Å²) in [7, 11) is 1.91. The fourth-order valence-corrected chi connectivity index (χ4v) is 4.11. The Kier molecular flexibility index (Phi) is 4.61. The van der Waals surface area contributed by atoms with Crippen LogP contribution in [0.1, 0.15) is 23.3 Å². The van der Waals surface area contributed by atoms with E-state index in [0.29, 0.717) is 31.6 Å². The summed E-state index contributed by atoms with van der Waals surface area (Å²) < 4.78 is 19.2. The van der Waals surface area contributed by atoms with Gasteiger partial charge in [-0.05, 0) is 30.9 Å². The predicted molar refractivity (Wildman–Crippen MR) is 87.8 cm³/mol. The molecule has 3 fully saturated rings. The second-order valence-corrected chi connectivity index (χ2v) is 7.16. The summed E-state index contributed by atoms with van der Waals surface area (Å²) >= 11 is 0. The maximum Gasteiger partial charge on any atom is 0.270 e. The fraction of sp³-hybridized carbons (Fsp3) is 0.722. The highest BCUT2D eigenvalue weighted by Gasteiger charge is 2.48. The summed E-state index contributed by atoms with van der Waals surface area (Å²) in [5, 5.41) is 0. The first-order chi connectivity index (χ1) is 11.7. The van der Waals surface area contributed by atoms with E-state index in [9.17, 15) is 4.79 Å². The third-order valence-electron chi connectivity index (χ3n) is 5.66. The number of hydrogen-bond donors (Lipinski definition) is 0.